The summed E-state index contributed by atoms with van der Waals surface area (Å²) in [5.74, 6) is 0.794. The maximum atomic E-state index is 12.0. The van der Waals surface area contributed by atoms with Crippen molar-refractivity contribution in [2.24, 2.45) is 11.8 Å². The van der Waals surface area contributed by atoms with Crippen molar-refractivity contribution in [2.75, 3.05) is 13.2 Å². The van der Waals surface area contributed by atoms with Crippen LogP contribution in [-0.4, -0.2) is 24.2 Å². The van der Waals surface area contributed by atoms with Crippen LogP contribution in [0.5, 0.6) is 0 Å². The molecule has 1 aromatic rings. The first-order chi connectivity index (χ1) is 8.61. The molecule has 0 saturated heterocycles. The van der Waals surface area contributed by atoms with E-state index in [1.807, 2.05) is 13.0 Å². The predicted octanol–water partition coefficient (Wildman–Crippen LogP) is 2.96. The zero-order valence-electron chi connectivity index (χ0n) is 10.4. The van der Waals surface area contributed by atoms with E-state index in [0.717, 1.165) is 33.5 Å². The van der Waals surface area contributed by atoms with E-state index in [4.69, 9.17) is 0 Å². The van der Waals surface area contributed by atoms with Gasteiger partial charge in [-0.15, -0.1) is 11.3 Å². The molecule has 1 fully saturated rings. The summed E-state index contributed by atoms with van der Waals surface area (Å²) >= 11 is 4.89. The Bertz CT molecular complexity index is 413. The van der Waals surface area contributed by atoms with Gasteiger partial charge >= 0.3 is 0 Å². The molecule has 0 radical (unpaired) electrons. The third-order valence-electron chi connectivity index (χ3n) is 3.66. The maximum absolute atomic E-state index is 12.0. The molecule has 18 heavy (non-hydrogen) atoms. The molecule has 2 N–H and O–H groups in total. The monoisotopic (exact) mass is 331 g/mol. The molecule has 2 unspecified atom stereocenters. The number of carbonyl (C=O) groups is 1. The number of halogens is 1. The quantitative estimate of drug-likeness (QED) is 0.891. The van der Waals surface area contributed by atoms with Gasteiger partial charge in [-0.2, -0.15) is 0 Å². The summed E-state index contributed by atoms with van der Waals surface area (Å²) in [6, 6.07) is 1.91. The Morgan fingerprint density at radius 3 is 2.89 bits per heavy atom. The van der Waals surface area contributed by atoms with Crippen LogP contribution in [0, 0.1) is 18.8 Å². The largest absolute Gasteiger partial charge is 0.396 e. The summed E-state index contributed by atoms with van der Waals surface area (Å²) in [4.78, 5) is 12.7. The van der Waals surface area contributed by atoms with E-state index in [9.17, 15) is 9.90 Å². The summed E-state index contributed by atoms with van der Waals surface area (Å²) in [5, 5.41) is 12.2. The van der Waals surface area contributed by atoms with E-state index in [0.29, 0.717) is 18.4 Å². The van der Waals surface area contributed by atoms with Crippen LogP contribution in [0.1, 0.15) is 34.5 Å². The Hall–Kier alpha value is -0.390. The number of hydrogen-bond acceptors (Lipinski definition) is 3. The van der Waals surface area contributed by atoms with E-state index in [2.05, 4.69) is 21.2 Å². The molecule has 1 amide bonds. The second kappa shape index (κ2) is 6.17. The van der Waals surface area contributed by atoms with Gasteiger partial charge in [0.15, 0.2) is 0 Å². The molecule has 1 aliphatic rings. The molecule has 1 aromatic heterocycles. The predicted molar refractivity (Wildman–Crippen MR) is 77.0 cm³/mol. The van der Waals surface area contributed by atoms with Crippen LogP contribution in [0.3, 0.4) is 0 Å². The molecule has 0 spiro atoms. The fraction of sp³-hybridized carbons (Fsp3) is 0.615. The van der Waals surface area contributed by atoms with Gasteiger partial charge in [-0.3, -0.25) is 4.79 Å². The third kappa shape index (κ3) is 3.13. The van der Waals surface area contributed by atoms with Crippen molar-refractivity contribution < 1.29 is 9.90 Å². The Kier molecular flexibility index (Phi) is 4.81. The molecule has 0 aromatic carbocycles. The van der Waals surface area contributed by atoms with Gasteiger partial charge in [-0.1, -0.05) is 6.42 Å². The highest BCUT2D eigenvalue weighted by Gasteiger charge is 2.27. The summed E-state index contributed by atoms with van der Waals surface area (Å²) in [6.07, 6.45) is 3.36. The number of thiophene rings is 1. The van der Waals surface area contributed by atoms with Crippen molar-refractivity contribution in [1.82, 2.24) is 5.32 Å². The van der Waals surface area contributed by atoms with Gasteiger partial charge in [-0.05, 0) is 59.2 Å². The molecular weight excluding hydrogens is 314 g/mol. The van der Waals surface area contributed by atoms with Crippen molar-refractivity contribution in [3.63, 3.8) is 0 Å². The number of nitrogens with one attached hydrogen (secondary N) is 1. The highest BCUT2D eigenvalue weighted by molar-refractivity contribution is 9.11. The van der Waals surface area contributed by atoms with Crippen LogP contribution >= 0.6 is 27.3 Å². The van der Waals surface area contributed by atoms with Gasteiger partial charge in [0.25, 0.3) is 5.91 Å². The lowest BCUT2D eigenvalue weighted by atomic mass is 9.97. The number of aliphatic hydroxyl groups is 1. The molecule has 0 bridgehead atoms. The van der Waals surface area contributed by atoms with Crippen LogP contribution in [0.2, 0.25) is 0 Å². The Morgan fingerprint density at radius 2 is 2.28 bits per heavy atom. The van der Waals surface area contributed by atoms with E-state index in [1.165, 1.54) is 11.3 Å². The molecule has 3 nitrogen and oxygen atoms in total. The Morgan fingerprint density at radius 1 is 1.56 bits per heavy atom. The van der Waals surface area contributed by atoms with Gasteiger partial charge in [-0.25, -0.2) is 0 Å². The number of amides is 1. The van der Waals surface area contributed by atoms with E-state index >= 15 is 0 Å². The zero-order chi connectivity index (χ0) is 13.1. The van der Waals surface area contributed by atoms with Crippen LogP contribution in [0.15, 0.2) is 9.85 Å². The lowest BCUT2D eigenvalue weighted by Gasteiger charge is -2.17. The van der Waals surface area contributed by atoms with Crippen LogP contribution in [0.25, 0.3) is 0 Å². The van der Waals surface area contributed by atoms with Gasteiger partial charge < -0.3 is 10.4 Å². The average molecular weight is 332 g/mol. The van der Waals surface area contributed by atoms with Crippen LogP contribution < -0.4 is 5.32 Å². The number of rotatable bonds is 4. The molecule has 1 aliphatic carbocycles. The number of aryl methyl sites for hydroxylation is 1. The van der Waals surface area contributed by atoms with Crippen molar-refractivity contribution >= 4 is 33.2 Å². The van der Waals surface area contributed by atoms with Crippen LogP contribution in [-0.2, 0) is 0 Å². The standard InChI is InChI=1S/C13H18BrNO2S/c1-8-5-11(18-12(8)14)13(17)15-6-9-3-2-4-10(9)7-16/h5,9-10,16H,2-4,6-7H2,1H3,(H,15,17). The van der Waals surface area contributed by atoms with E-state index < -0.39 is 0 Å². The van der Waals surface area contributed by atoms with Gasteiger partial charge in [0.1, 0.15) is 0 Å². The third-order valence-corrected chi connectivity index (χ3v) is 5.79. The molecule has 100 valence electrons. The van der Waals surface area contributed by atoms with Crippen molar-refractivity contribution in [3.8, 4) is 0 Å². The van der Waals surface area contributed by atoms with Crippen molar-refractivity contribution in [3.05, 3.63) is 20.3 Å². The molecule has 5 heteroatoms. The lowest BCUT2D eigenvalue weighted by molar-refractivity contribution is 0.0942. The second-order valence-corrected chi connectivity index (χ2v) is 7.28. The topological polar surface area (TPSA) is 49.3 Å². The highest BCUT2D eigenvalue weighted by atomic mass is 79.9. The van der Waals surface area contributed by atoms with Gasteiger partial charge in [0.05, 0.1) is 8.66 Å². The lowest BCUT2D eigenvalue weighted by Crippen LogP contribution is -2.31. The summed E-state index contributed by atoms with van der Waals surface area (Å²) in [6.45, 7) is 2.90. The first-order valence-electron chi connectivity index (χ1n) is 6.26. The minimum atomic E-state index is -0.00242. The first kappa shape index (κ1) is 14.0. The minimum Gasteiger partial charge on any atom is -0.396 e. The summed E-state index contributed by atoms with van der Waals surface area (Å²) < 4.78 is 1.02. The number of hydrogen-bond donors (Lipinski definition) is 2. The Labute approximate surface area is 120 Å². The van der Waals surface area contributed by atoms with Crippen molar-refractivity contribution in [1.29, 1.82) is 0 Å². The minimum absolute atomic E-state index is 0.00242. The van der Waals surface area contributed by atoms with Crippen molar-refractivity contribution in [2.45, 2.75) is 26.2 Å². The summed E-state index contributed by atoms with van der Waals surface area (Å²) in [7, 11) is 0. The smallest absolute Gasteiger partial charge is 0.261 e. The molecule has 2 atom stereocenters. The fourth-order valence-corrected chi connectivity index (χ4v) is 3.96. The first-order valence-corrected chi connectivity index (χ1v) is 7.87. The highest BCUT2D eigenvalue weighted by Crippen LogP contribution is 2.31. The number of carbonyl (C=O) groups excluding carboxylic acids is 1. The second-order valence-electron chi connectivity index (χ2n) is 4.91. The van der Waals surface area contributed by atoms with E-state index in [-0.39, 0.29) is 12.5 Å². The Balaban J connectivity index is 1.88. The SMILES string of the molecule is Cc1cc(C(=O)NCC2CCCC2CO)sc1Br. The summed E-state index contributed by atoms with van der Waals surface area (Å²) in [5.41, 5.74) is 1.10. The van der Waals surface area contributed by atoms with Gasteiger partial charge in [0, 0.05) is 13.2 Å². The molecule has 1 heterocycles. The average Bonchev–Trinajstić information content (AvgIpc) is 2.93. The fourth-order valence-electron chi connectivity index (χ4n) is 2.51. The maximum Gasteiger partial charge on any atom is 0.261 e. The van der Waals surface area contributed by atoms with Crippen LogP contribution in [0.4, 0.5) is 0 Å². The molecule has 1 saturated carbocycles. The normalized spacial score (nSPS) is 23.3. The van der Waals surface area contributed by atoms with E-state index in [1.54, 1.807) is 0 Å². The molecule has 0 aliphatic heterocycles. The number of aliphatic hydroxyl groups excluding tert-OH is 1. The molecule has 2 rings (SSSR count). The molecular formula is C13H18BrNO2S. The van der Waals surface area contributed by atoms with Gasteiger partial charge in [0.2, 0.25) is 0 Å². The zero-order valence-corrected chi connectivity index (χ0v) is 12.8.